The van der Waals surface area contributed by atoms with Crippen LogP contribution in [0.1, 0.15) is 0 Å². The van der Waals surface area contributed by atoms with Crippen LogP contribution in [0.2, 0.25) is 0 Å². The van der Waals surface area contributed by atoms with Crippen molar-refractivity contribution in [2.75, 3.05) is 0 Å². The normalized spacial score (nSPS) is 10.9. The van der Waals surface area contributed by atoms with E-state index in [-0.39, 0.29) is 0 Å². The maximum Gasteiger partial charge on any atom is 0.464 e. The molecule has 0 fully saturated rings. The number of hydrogen-bond donors (Lipinski definition) is 0. The molecule has 48 valence electrons. The summed E-state index contributed by atoms with van der Waals surface area (Å²) in [6.45, 7) is 0. The Morgan fingerprint density at radius 1 is 1.38 bits per heavy atom. The third-order valence-corrected chi connectivity index (χ3v) is 0.920. The molecule has 0 aromatic heterocycles. The Kier molecular flexibility index (Phi) is 3.06. The molecule has 0 aromatic carbocycles. The summed E-state index contributed by atoms with van der Waals surface area (Å²) in [5.41, 5.74) is -4.42. The predicted octanol–water partition coefficient (Wildman–Crippen LogP) is 1.55. The second-order valence-electron chi connectivity index (χ2n) is 0.686. The Morgan fingerprint density at radius 2 is 1.88 bits per heavy atom. The molecule has 0 atom stereocenters. The van der Waals surface area contributed by atoms with Crippen molar-refractivity contribution < 1.29 is 17.4 Å². The van der Waals surface area contributed by atoms with Crippen LogP contribution in [0.15, 0.2) is 3.77 Å². The molecule has 8 heavy (non-hydrogen) atoms. The van der Waals surface area contributed by atoms with Gasteiger partial charge in [-0.05, 0) is 0 Å². The molecule has 0 saturated carbocycles. The van der Waals surface area contributed by atoms with Gasteiger partial charge in [0, 0.05) is 0 Å². The lowest BCUT2D eigenvalue weighted by atomic mass is 11.6. The molecule has 7 heteroatoms. The highest BCUT2D eigenvalue weighted by molar-refractivity contribution is 8.01. The summed E-state index contributed by atoms with van der Waals surface area (Å²) in [5.74, 6) is 0. The summed E-state index contributed by atoms with van der Waals surface area (Å²) >= 11 is -1.14. The Labute approximate surface area is 50.8 Å². The lowest BCUT2D eigenvalue weighted by Crippen LogP contribution is -1.95. The van der Waals surface area contributed by atoms with Crippen LogP contribution >= 0.6 is 11.9 Å². The maximum atomic E-state index is 11.0. The van der Waals surface area contributed by atoms with Gasteiger partial charge in [-0.3, -0.25) is 0 Å². The zero-order valence-electron chi connectivity index (χ0n) is 3.31. The van der Waals surface area contributed by atoms with Crippen molar-refractivity contribution in [1.82, 2.24) is 0 Å². The lowest BCUT2D eigenvalue weighted by Gasteiger charge is -1.94. The van der Waals surface area contributed by atoms with Crippen molar-refractivity contribution >= 4 is 23.4 Å². The van der Waals surface area contributed by atoms with Crippen molar-refractivity contribution in [2.24, 2.45) is 3.77 Å². The molecule has 0 bridgehead atoms. The zero-order chi connectivity index (χ0) is 6.62. The van der Waals surface area contributed by atoms with Crippen molar-refractivity contribution in [3.8, 4) is 0 Å². The first-order valence-corrected chi connectivity index (χ1v) is 2.77. The molecule has 0 aliphatic rings. The van der Waals surface area contributed by atoms with E-state index in [4.69, 9.17) is 0 Å². The van der Waals surface area contributed by atoms with Gasteiger partial charge < -0.3 is 0 Å². The number of hydrogen-bond acceptors (Lipinski definition) is 3. The number of rotatable bonds is 1. The van der Waals surface area contributed by atoms with E-state index in [1.165, 1.54) is 0 Å². The molecule has 2 nitrogen and oxygen atoms in total. The molecule has 0 N–H and O–H groups in total. The van der Waals surface area contributed by atoms with Gasteiger partial charge in [-0.2, -0.15) is 17.4 Å². The predicted molar refractivity (Wildman–Crippen MR) is 24.2 cm³/mol. The first-order valence-electron chi connectivity index (χ1n) is 1.30. The van der Waals surface area contributed by atoms with Crippen LogP contribution in [0.3, 0.4) is 0 Å². The molecule has 0 rings (SSSR count). The fourth-order valence-corrected chi connectivity index (χ4v) is 0.517. The minimum absolute atomic E-state index is 0.454. The van der Waals surface area contributed by atoms with Gasteiger partial charge in [-0.25, -0.2) is 0 Å². The Bertz CT molecular complexity index is 115. The van der Waals surface area contributed by atoms with E-state index in [1.54, 1.807) is 0 Å². The van der Waals surface area contributed by atoms with Crippen molar-refractivity contribution in [3.63, 3.8) is 0 Å². The maximum absolute atomic E-state index is 11.0. The van der Waals surface area contributed by atoms with E-state index in [0.717, 1.165) is 0 Å². The van der Waals surface area contributed by atoms with Crippen LogP contribution in [0.25, 0.3) is 0 Å². The fourth-order valence-electron chi connectivity index (χ4n) is 0.0575. The smallest absolute Gasteiger partial charge is 0.190 e. The SMILES string of the molecule is O=S=NSC(F)(F)F. The van der Waals surface area contributed by atoms with Crippen molar-refractivity contribution in [2.45, 2.75) is 5.51 Å². The van der Waals surface area contributed by atoms with Gasteiger partial charge in [0.05, 0.1) is 0 Å². The highest BCUT2D eigenvalue weighted by atomic mass is 32.2. The first-order chi connectivity index (χ1) is 3.56. The van der Waals surface area contributed by atoms with Gasteiger partial charge in [0.2, 0.25) is 11.5 Å². The molecule has 0 radical (unpaired) electrons. The van der Waals surface area contributed by atoms with E-state index in [9.17, 15) is 17.4 Å². The van der Waals surface area contributed by atoms with Gasteiger partial charge in [0.25, 0.3) is 0 Å². The number of nitrogens with zero attached hydrogens (tertiary/aromatic N) is 1. The molecule has 0 aromatic rings. The molecular weight excluding hydrogens is 163 g/mol. The monoisotopic (exact) mass is 163 g/mol. The topological polar surface area (TPSA) is 29.4 Å². The highest BCUT2D eigenvalue weighted by Crippen LogP contribution is 2.30. The summed E-state index contributed by atoms with van der Waals surface area (Å²) < 4.78 is 44.5. The molecular formula is CF3NOS2. The summed E-state index contributed by atoms with van der Waals surface area (Å²) in [4.78, 5) is 0. The Hall–Kier alpha value is -0.0400. The Balaban J connectivity index is 3.55. The molecule has 0 aliphatic carbocycles. The van der Waals surface area contributed by atoms with Crippen LogP contribution in [0.4, 0.5) is 13.2 Å². The van der Waals surface area contributed by atoms with Crippen molar-refractivity contribution in [1.29, 1.82) is 0 Å². The van der Waals surface area contributed by atoms with E-state index < -0.39 is 28.9 Å². The standard InChI is InChI=1S/CF3NOS2/c2-1(3,4)7-5-8-6. The largest absolute Gasteiger partial charge is 0.464 e. The second kappa shape index (κ2) is 3.08. The lowest BCUT2D eigenvalue weighted by molar-refractivity contribution is -0.0327. The highest BCUT2D eigenvalue weighted by Gasteiger charge is 2.28. The Morgan fingerprint density at radius 3 is 2.00 bits per heavy atom. The summed E-state index contributed by atoms with van der Waals surface area (Å²) in [5, 5.41) is 0. The average molecular weight is 163 g/mol. The van der Waals surface area contributed by atoms with E-state index >= 15 is 0 Å². The molecule has 0 amide bonds. The van der Waals surface area contributed by atoms with Crippen LogP contribution in [-0.2, 0) is 11.5 Å². The van der Waals surface area contributed by atoms with E-state index in [1.807, 2.05) is 0 Å². The quantitative estimate of drug-likeness (QED) is 0.549. The zero-order valence-corrected chi connectivity index (χ0v) is 4.94. The second-order valence-corrected chi connectivity index (χ2v) is 2.08. The average Bonchev–Trinajstić information content (AvgIpc) is 1.59. The summed E-state index contributed by atoms with van der Waals surface area (Å²) in [6.07, 6.45) is 0. The summed E-state index contributed by atoms with van der Waals surface area (Å²) in [7, 11) is 0. The third kappa shape index (κ3) is 5.96. The number of halogens is 3. The van der Waals surface area contributed by atoms with Gasteiger partial charge in [-0.15, -0.1) is 3.77 Å². The van der Waals surface area contributed by atoms with Crippen LogP contribution in [0.5, 0.6) is 0 Å². The van der Waals surface area contributed by atoms with Crippen LogP contribution < -0.4 is 0 Å². The van der Waals surface area contributed by atoms with Gasteiger partial charge in [-0.1, -0.05) is 0 Å². The summed E-state index contributed by atoms with van der Waals surface area (Å²) in [6, 6.07) is 0. The third-order valence-electron chi connectivity index (χ3n) is 0.171. The van der Waals surface area contributed by atoms with Crippen molar-refractivity contribution in [3.05, 3.63) is 0 Å². The van der Waals surface area contributed by atoms with Gasteiger partial charge in [0.15, 0.2) is 0 Å². The van der Waals surface area contributed by atoms with Crippen LogP contribution in [-0.4, -0.2) is 9.72 Å². The van der Waals surface area contributed by atoms with Gasteiger partial charge in [0.1, 0.15) is 11.9 Å². The fraction of sp³-hybridized carbons (Fsp3) is 1.00. The number of alkyl halides is 3. The molecule has 0 spiro atoms. The van der Waals surface area contributed by atoms with E-state index in [0.29, 0.717) is 0 Å². The minimum atomic E-state index is -4.42. The van der Waals surface area contributed by atoms with E-state index in [2.05, 4.69) is 3.77 Å². The molecule has 0 unspecified atom stereocenters. The minimum Gasteiger partial charge on any atom is -0.190 e. The first kappa shape index (κ1) is 7.96. The van der Waals surface area contributed by atoms with Crippen LogP contribution in [0, 0.1) is 0 Å². The van der Waals surface area contributed by atoms with Gasteiger partial charge >= 0.3 is 5.51 Å². The molecule has 0 saturated heterocycles. The molecule has 0 heterocycles. The molecule has 0 aliphatic heterocycles.